The number of amides is 1. The average molecular weight is 618 g/mol. The Morgan fingerprint density at radius 3 is 2.68 bits per heavy atom. The molecular weight excluding hydrogens is 574 g/mol. The van der Waals surface area contributed by atoms with Crippen LogP contribution in [0.25, 0.3) is 22.2 Å². The SMILES string of the molecule is COc1ccc2c(c1)C1CC1(C(=O)O)Cn1c-2c(C2CCCCC2)c2ccc(C(=O)NSN(C)CCN3CCNCC3)cc21. The van der Waals surface area contributed by atoms with Crippen LogP contribution in [-0.4, -0.2) is 84.2 Å². The number of benzene rings is 2. The summed E-state index contributed by atoms with van der Waals surface area (Å²) in [5.74, 6) is 0.218. The lowest BCUT2D eigenvalue weighted by Gasteiger charge is -2.28. The molecule has 44 heavy (non-hydrogen) atoms. The van der Waals surface area contributed by atoms with E-state index in [9.17, 15) is 14.7 Å². The summed E-state index contributed by atoms with van der Waals surface area (Å²) in [7, 11) is 3.67. The Hall–Kier alpha value is -3.05. The number of ether oxygens (including phenoxy) is 1. The third-order valence-corrected chi connectivity index (χ3v) is 11.2. The zero-order valence-electron chi connectivity index (χ0n) is 25.7. The number of nitrogens with zero attached hydrogens (tertiary/aromatic N) is 3. The van der Waals surface area contributed by atoms with Crippen molar-refractivity contribution in [1.29, 1.82) is 0 Å². The number of hydrogen-bond acceptors (Lipinski definition) is 7. The second-order valence-corrected chi connectivity index (χ2v) is 14.1. The van der Waals surface area contributed by atoms with Crippen molar-refractivity contribution in [1.82, 2.24) is 23.8 Å². The van der Waals surface area contributed by atoms with Crippen LogP contribution >= 0.6 is 12.1 Å². The van der Waals surface area contributed by atoms with E-state index < -0.39 is 11.4 Å². The van der Waals surface area contributed by atoms with E-state index in [2.05, 4.69) is 42.0 Å². The maximum absolute atomic E-state index is 13.5. The number of likely N-dealkylation sites (N-methyl/N-ethyl adjacent to an activating group) is 1. The van der Waals surface area contributed by atoms with Crippen LogP contribution in [0.1, 0.15) is 71.8 Å². The second kappa shape index (κ2) is 12.0. The Labute approximate surface area is 263 Å². The Morgan fingerprint density at radius 1 is 1.14 bits per heavy atom. The van der Waals surface area contributed by atoms with Crippen molar-refractivity contribution in [2.75, 3.05) is 53.4 Å². The van der Waals surface area contributed by atoms with E-state index in [-0.39, 0.29) is 11.8 Å². The van der Waals surface area contributed by atoms with Gasteiger partial charge in [0.25, 0.3) is 5.91 Å². The fourth-order valence-electron chi connectivity index (χ4n) is 7.86. The molecule has 1 aromatic heterocycles. The summed E-state index contributed by atoms with van der Waals surface area (Å²) < 4.78 is 12.9. The summed E-state index contributed by atoms with van der Waals surface area (Å²) in [5.41, 5.74) is 5.33. The van der Waals surface area contributed by atoms with Crippen molar-refractivity contribution in [3.63, 3.8) is 0 Å². The van der Waals surface area contributed by atoms with Crippen molar-refractivity contribution in [3.8, 4) is 17.0 Å². The van der Waals surface area contributed by atoms with Crippen molar-refractivity contribution in [2.24, 2.45) is 5.41 Å². The molecule has 1 amide bonds. The number of carbonyl (C=O) groups is 2. The van der Waals surface area contributed by atoms with Gasteiger partial charge in [0.1, 0.15) is 5.75 Å². The predicted octanol–water partition coefficient (Wildman–Crippen LogP) is 5.07. The average Bonchev–Trinajstić information content (AvgIpc) is 3.74. The van der Waals surface area contributed by atoms with Gasteiger partial charge in [-0.3, -0.25) is 19.2 Å². The lowest BCUT2D eigenvalue weighted by atomic mass is 9.81. The van der Waals surface area contributed by atoms with Gasteiger partial charge in [-0.15, -0.1) is 0 Å². The summed E-state index contributed by atoms with van der Waals surface area (Å²) in [6.07, 6.45) is 6.53. The second-order valence-electron chi connectivity index (χ2n) is 13.1. The first-order chi connectivity index (χ1) is 21.4. The quantitative estimate of drug-likeness (QED) is 0.287. The minimum atomic E-state index is -0.858. The Bertz CT molecular complexity index is 1580. The number of hydrogen-bond donors (Lipinski definition) is 3. The maximum Gasteiger partial charge on any atom is 0.312 e. The van der Waals surface area contributed by atoms with E-state index in [0.717, 1.165) is 85.6 Å². The smallest absolute Gasteiger partial charge is 0.312 e. The Morgan fingerprint density at radius 2 is 1.93 bits per heavy atom. The molecule has 10 heteroatoms. The van der Waals surface area contributed by atoms with Crippen LogP contribution in [0.15, 0.2) is 36.4 Å². The van der Waals surface area contributed by atoms with Crippen LogP contribution in [-0.2, 0) is 11.3 Å². The Kier molecular flexibility index (Phi) is 8.11. The normalized spacial score (nSPS) is 23.5. The van der Waals surface area contributed by atoms with Crippen LogP contribution in [0, 0.1) is 5.41 Å². The molecule has 0 radical (unpaired) electrons. The van der Waals surface area contributed by atoms with E-state index in [4.69, 9.17) is 4.74 Å². The fourth-order valence-corrected chi connectivity index (χ4v) is 8.39. The molecule has 1 saturated heterocycles. The van der Waals surface area contributed by atoms with Crippen molar-refractivity contribution >= 4 is 34.9 Å². The van der Waals surface area contributed by atoms with Gasteiger partial charge in [-0.1, -0.05) is 25.3 Å². The van der Waals surface area contributed by atoms with Crippen LogP contribution in [0.2, 0.25) is 0 Å². The highest BCUT2D eigenvalue weighted by Gasteiger charge is 2.63. The first-order valence-corrected chi connectivity index (χ1v) is 16.9. The number of carboxylic acid groups (broad SMARTS) is 1. The molecule has 2 aliphatic carbocycles. The number of aromatic nitrogens is 1. The van der Waals surface area contributed by atoms with Crippen molar-refractivity contribution < 1.29 is 19.4 Å². The van der Waals surface area contributed by atoms with Crippen LogP contribution in [0.5, 0.6) is 5.75 Å². The highest BCUT2D eigenvalue weighted by Crippen LogP contribution is 2.65. The Balaban J connectivity index is 1.24. The van der Waals surface area contributed by atoms with Gasteiger partial charge in [0.05, 0.1) is 18.2 Å². The molecule has 9 nitrogen and oxygen atoms in total. The summed E-state index contributed by atoms with van der Waals surface area (Å²) in [6, 6.07) is 12.2. The van der Waals surface area contributed by atoms with Gasteiger partial charge in [-0.05, 0) is 73.7 Å². The molecule has 2 aliphatic heterocycles. The molecule has 2 unspecified atom stereocenters. The van der Waals surface area contributed by atoms with E-state index in [0.29, 0.717) is 24.4 Å². The zero-order chi connectivity index (χ0) is 30.4. The minimum Gasteiger partial charge on any atom is -0.497 e. The molecule has 3 aromatic rings. The molecule has 234 valence electrons. The monoisotopic (exact) mass is 617 g/mol. The number of piperazine rings is 1. The highest BCUT2D eigenvalue weighted by atomic mass is 32.2. The lowest BCUT2D eigenvalue weighted by Crippen LogP contribution is -2.45. The molecule has 2 atom stereocenters. The number of aliphatic carboxylic acids is 1. The van der Waals surface area contributed by atoms with Crippen LogP contribution in [0.4, 0.5) is 0 Å². The summed E-state index contributed by atoms with van der Waals surface area (Å²) in [5, 5.41) is 15.1. The fraction of sp³-hybridized carbons (Fsp3) is 0.529. The molecule has 2 saturated carbocycles. The molecule has 7 rings (SSSR count). The number of rotatable bonds is 9. The van der Waals surface area contributed by atoms with Crippen molar-refractivity contribution in [2.45, 2.75) is 56.9 Å². The molecule has 0 bridgehead atoms. The third kappa shape index (κ3) is 5.29. The molecule has 3 heterocycles. The third-order valence-electron chi connectivity index (χ3n) is 10.4. The topological polar surface area (TPSA) is 99.1 Å². The molecule has 3 N–H and O–H groups in total. The standard InChI is InChI=1S/C34H43N5O4S/c1-37(16-17-38-14-12-35-13-15-38)44-36-32(40)23-8-10-26-29(18-23)39-21-34(33(41)42)20-28(34)27-19-24(43-2)9-11-25(27)31(39)30(26)22-6-4-3-5-7-22/h8-11,18-19,22,28,35H,3-7,12-17,20-21H2,1-2H3,(H,36,40)(H,41,42). The predicted molar refractivity (Wildman–Crippen MR) is 174 cm³/mol. The zero-order valence-corrected chi connectivity index (χ0v) is 26.5. The summed E-state index contributed by atoms with van der Waals surface area (Å²) >= 11 is 1.33. The van der Waals surface area contributed by atoms with E-state index >= 15 is 0 Å². The van der Waals surface area contributed by atoms with Crippen LogP contribution in [0.3, 0.4) is 0 Å². The number of carboxylic acids is 1. The molecule has 0 spiro atoms. The molecular formula is C34H43N5O4S. The number of fused-ring (bicyclic) bond motifs is 7. The summed E-state index contributed by atoms with van der Waals surface area (Å²) in [4.78, 5) is 28.7. The molecule has 2 aromatic carbocycles. The lowest BCUT2D eigenvalue weighted by molar-refractivity contribution is -0.144. The van der Waals surface area contributed by atoms with Gasteiger partial charge in [0.2, 0.25) is 0 Å². The minimum absolute atomic E-state index is 0.0566. The van der Waals surface area contributed by atoms with Gasteiger partial charge < -0.3 is 19.7 Å². The largest absolute Gasteiger partial charge is 0.497 e. The highest BCUT2D eigenvalue weighted by molar-refractivity contribution is 7.95. The van der Waals surface area contributed by atoms with Crippen LogP contribution < -0.4 is 14.8 Å². The maximum atomic E-state index is 13.5. The van der Waals surface area contributed by atoms with Gasteiger partial charge >= 0.3 is 5.97 Å². The molecule has 4 aliphatic rings. The number of carbonyl (C=O) groups excluding carboxylic acids is 1. The van der Waals surface area contributed by atoms with E-state index in [1.165, 1.54) is 37.0 Å². The summed E-state index contributed by atoms with van der Waals surface area (Å²) in [6.45, 7) is 6.37. The van der Waals surface area contributed by atoms with Gasteiger partial charge in [-0.25, -0.2) is 4.31 Å². The van der Waals surface area contributed by atoms with Crippen molar-refractivity contribution in [3.05, 3.63) is 53.1 Å². The van der Waals surface area contributed by atoms with Gasteiger partial charge in [0, 0.05) is 85.9 Å². The van der Waals surface area contributed by atoms with Gasteiger partial charge in [0.15, 0.2) is 0 Å². The first-order valence-electron chi connectivity index (χ1n) is 16.1. The first kappa shape index (κ1) is 29.6. The van der Waals surface area contributed by atoms with E-state index in [1.807, 2.05) is 25.2 Å². The molecule has 3 fully saturated rings. The van der Waals surface area contributed by atoms with E-state index in [1.54, 1.807) is 7.11 Å². The number of nitrogens with one attached hydrogen (secondary N) is 2. The van der Waals surface area contributed by atoms with Gasteiger partial charge in [-0.2, -0.15) is 0 Å². The number of methoxy groups -OCH3 is 1.